The molecular formula is C24H26N2O5S2. The average Bonchev–Trinajstić information content (AvgIpc) is 2.75. The summed E-state index contributed by atoms with van der Waals surface area (Å²) in [7, 11) is 0.0648. The van der Waals surface area contributed by atoms with Gasteiger partial charge in [-0.2, -0.15) is 8.42 Å². The molecule has 174 valence electrons. The Labute approximate surface area is 198 Å². The third-order valence-corrected chi connectivity index (χ3v) is 7.35. The van der Waals surface area contributed by atoms with Crippen molar-refractivity contribution < 1.29 is 17.5 Å². The van der Waals surface area contributed by atoms with Gasteiger partial charge in [0.1, 0.15) is 0 Å². The van der Waals surface area contributed by atoms with E-state index in [2.05, 4.69) is 0 Å². The van der Waals surface area contributed by atoms with Crippen molar-refractivity contribution in [3.8, 4) is 0 Å². The van der Waals surface area contributed by atoms with E-state index in [1.165, 1.54) is 30.0 Å². The summed E-state index contributed by atoms with van der Waals surface area (Å²) >= 11 is 1.35. The molecule has 7 nitrogen and oxygen atoms in total. The molecule has 0 heterocycles. The zero-order valence-electron chi connectivity index (χ0n) is 18.7. The van der Waals surface area contributed by atoms with Gasteiger partial charge in [-0.05, 0) is 62.8 Å². The Kier molecular flexibility index (Phi) is 8.25. The van der Waals surface area contributed by atoms with E-state index in [4.69, 9.17) is 4.18 Å². The molecule has 3 aromatic rings. The maximum Gasteiger partial charge on any atom is 0.296 e. The minimum Gasteiger partial charge on any atom is -0.305 e. The fourth-order valence-electron chi connectivity index (χ4n) is 3.18. The van der Waals surface area contributed by atoms with Crippen LogP contribution in [0.25, 0.3) is 0 Å². The molecular weight excluding hydrogens is 460 g/mol. The number of aryl methyl sites for hydroxylation is 1. The number of rotatable bonds is 10. The minimum atomic E-state index is -3.88. The first-order chi connectivity index (χ1) is 15.7. The maximum atomic E-state index is 12.3. The Bertz CT molecular complexity index is 1230. The van der Waals surface area contributed by atoms with Crippen LogP contribution in [-0.4, -0.2) is 38.9 Å². The number of hydrogen-bond acceptors (Lipinski definition) is 7. The van der Waals surface area contributed by atoms with Crippen molar-refractivity contribution in [3.63, 3.8) is 0 Å². The molecule has 0 atom stereocenters. The SMILES string of the molecule is Cc1ccc(S(=O)(=O)OCCc2ccc(Sc3ccccc3CN(C)C)c([N+](=O)[O-])c2)cc1. The predicted octanol–water partition coefficient (Wildman–Crippen LogP) is 5.06. The zero-order chi connectivity index (χ0) is 24.0. The van der Waals surface area contributed by atoms with Crippen LogP contribution in [0.3, 0.4) is 0 Å². The van der Waals surface area contributed by atoms with Gasteiger partial charge in [-0.25, -0.2) is 0 Å². The predicted molar refractivity (Wildman–Crippen MR) is 129 cm³/mol. The molecule has 0 fully saturated rings. The third-order valence-electron chi connectivity index (χ3n) is 4.84. The third kappa shape index (κ3) is 6.88. The number of nitro benzene ring substituents is 1. The molecule has 0 saturated heterocycles. The highest BCUT2D eigenvalue weighted by Gasteiger charge is 2.19. The minimum absolute atomic E-state index is 0.0152. The standard InChI is InChI=1S/C24H26N2O5S2/c1-18-8-11-21(12-9-18)33(29,30)31-15-14-19-10-13-24(22(16-19)26(27)28)32-23-7-5-4-6-20(23)17-25(2)3/h4-13,16H,14-15,17H2,1-3H3. The zero-order valence-corrected chi connectivity index (χ0v) is 20.4. The fourth-order valence-corrected chi connectivity index (χ4v) is 5.11. The topological polar surface area (TPSA) is 89.8 Å². The highest BCUT2D eigenvalue weighted by atomic mass is 32.2. The highest BCUT2D eigenvalue weighted by molar-refractivity contribution is 7.99. The van der Waals surface area contributed by atoms with Gasteiger partial charge in [0.25, 0.3) is 15.8 Å². The summed E-state index contributed by atoms with van der Waals surface area (Å²) in [5.41, 5.74) is 2.65. The van der Waals surface area contributed by atoms with Gasteiger partial charge >= 0.3 is 0 Å². The molecule has 0 aromatic heterocycles. The molecule has 0 radical (unpaired) electrons. The Balaban J connectivity index is 1.73. The molecule has 3 aromatic carbocycles. The van der Waals surface area contributed by atoms with E-state index >= 15 is 0 Å². The molecule has 0 unspecified atom stereocenters. The number of benzene rings is 3. The van der Waals surface area contributed by atoms with Crippen molar-refractivity contribution in [1.82, 2.24) is 4.90 Å². The normalized spacial score (nSPS) is 11.6. The van der Waals surface area contributed by atoms with Crippen LogP contribution in [0, 0.1) is 17.0 Å². The van der Waals surface area contributed by atoms with Gasteiger partial charge in [0, 0.05) is 17.5 Å². The Morgan fingerprint density at radius 3 is 2.36 bits per heavy atom. The van der Waals surface area contributed by atoms with E-state index in [1.54, 1.807) is 24.3 Å². The van der Waals surface area contributed by atoms with Gasteiger partial charge < -0.3 is 4.90 Å². The van der Waals surface area contributed by atoms with Crippen molar-refractivity contribution in [2.45, 2.75) is 34.6 Å². The lowest BCUT2D eigenvalue weighted by Gasteiger charge is -2.14. The van der Waals surface area contributed by atoms with Crippen molar-refractivity contribution in [2.75, 3.05) is 20.7 Å². The van der Waals surface area contributed by atoms with Crippen LogP contribution in [0.2, 0.25) is 0 Å². The first-order valence-electron chi connectivity index (χ1n) is 10.3. The molecule has 33 heavy (non-hydrogen) atoms. The lowest BCUT2D eigenvalue weighted by molar-refractivity contribution is -0.387. The number of hydrogen-bond donors (Lipinski definition) is 0. The van der Waals surface area contributed by atoms with Crippen LogP contribution in [0.1, 0.15) is 16.7 Å². The van der Waals surface area contributed by atoms with Gasteiger partial charge in [0.05, 0.1) is 21.3 Å². The Morgan fingerprint density at radius 2 is 1.70 bits per heavy atom. The second-order valence-electron chi connectivity index (χ2n) is 7.85. The van der Waals surface area contributed by atoms with Gasteiger partial charge in [0.15, 0.2) is 0 Å². The van der Waals surface area contributed by atoms with Crippen LogP contribution in [0.5, 0.6) is 0 Å². The molecule has 0 spiro atoms. The average molecular weight is 487 g/mol. The summed E-state index contributed by atoms with van der Waals surface area (Å²) in [6, 6.07) is 19.2. The van der Waals surface area contributed by atoms with Crippen LogP contribution in [-0.2, 0) is 27.3 Å². The molecule has 0 bridgehead atoms. The molecule has 9 heteroatoms. The molecule has 0 aliphatic carbocycles. The van der Waals surface area contributed by atoms with Gasteiger partial charge in [-0.1, -0.05) is 53.7 Å². The monoisotopic (exact) mass is 486 g/mol. The van der Waals surface area contributed by atoms with E-state index in [0.29, 0.717) is 10.5 Å². The number of nitrogens with zero attached hydrogens (tertiary/aromatic N) is 2. The van der Waals surface area contributed by atoms with Gasteiger partial charge in [0.2, 0.25) is 0 Å². The highest BCUT2D eigenvalue weighted by Crippen LogP contribution is 2.37. The van der Waals surface area contributed by atoms with Crippen LogP contribution >= 0.6 is 11.8 Å². The summed E-state index contributed by atoms with van der Waals surface area (Å²) in [6.45, 7) is 2.49. The summed E-state index contributed by atoms with van der Waals surface area (Å²) in [5, 5.41) is 11.7. The first kappa shape index (κ1) is 24.9. The lowest BCUT2D eigenvalue weighted by atomic mass is 10.1. The van der Waals surface area contributed by atoms with Crippen LogP contribution in [0.4, 0.5) is 5.69 Å². The summed E-state index contributed by atoms with van der Waals surface area (Å²) < 4.78 is 29.8. The number of nitro groups is 1. The van der Waals surface area contributed by atoms with Crippen LogP contribution < -0.4 is 0 Å². The molecule has 0 aliphatic heterocycles. The summed E-state index contributed by atoms with van der Waals surface area (Å²) in [4.78, 5) is 14.9. The van der Waals surface area contributed by atoms with E-state index in [1.807, 2.05) is 50.2 Å². The molecule has 0 N–H and O–H groups in total. The van der Waals surface area contributed by atoms with E-state index in [-0.39, 0.29) is 23.6 Å². The quantitative estimate of drug-likeness (QED) is 0.225. The van der Waals surface area contributed by atoms with Gasteiger partial charge in [-0.15, -0.1) is 0 Å². The second-order valence-corrected chi connectivity index (χ2v) is 10.5. The molecule has 3 rings (SSSR count). The summed E-state index contributed by atoms with van der Waals surface area (Å²) in [6.07, 6.45) is 0.230. The largest absolute Gasteiger partial charge is 0.305 e. The summed E-state index contributed by atoms with van der Waals surface area (Å²) in [5.74, 6) is 0. The lowest BCUT2D eigenvalue weighted by Crippen LogP contribution is -2.11. The van der Waals surface area contributed by atoms with E-state index in [0.717, 1.165) is 22.6 Å². The Morgan fingerprint density at radius 1 is 1.00 bits per heavy atom. The van der Waals surface area contributed by atoms with Gasteiger partial charge in [-0.3, -0.25) is 14.3 Å². The fraction of sp³-hybridized carbons (Fsp3) is 0.250. The van der Waals surface area contributed by atoms with E-state index < -0.39 is 15.0 Å². The molecule has 0 saturated carbocycles. The van der Waals surface area contributed by atoms with Crippen molar-refractivity contribution >= 4 is 27.6 Å². The maximum absolute atomic E-state index is 12.3. The van der Waals surface area contributed by atoms with Crippen LogP contribution in [0.15, 0.2) is 81.4 Å². The van der Waals surface area contributed by atoms with Crippen molar-refractivity contribution in [3.05, 3.63) is 93.5 Å². The Hall–Kier alpha value is -2.72. The van der Waals surface area contributed by atoms with Crippen molar-refractivity contribution in [2.24, 2.45) is 0 Å². The smallest absolute Gasteiger partial charge is 0.296 e. The molecule has 0 aliphatic rings. The molecule has 0 amide bonds. The first-order valence-corrected chi connectivity index (χ1v) is 12.5. The van der Waals surface area contributed by atoms with E-state index in [9.17, 15) is 18.5 Å². The second kappa shape index (κ2) is 10.9. The van der Waals surface area contributed by atoms with Crippen molar-refractivity contribution in [1.29, 1.82) is 0 Å².